The molecule has 2 heterocycles. The molecule has 1 aliphatic heterocycles. The summed E-state index contributed by atoms with van der Waals surface area (Å²) in [4.78, 5) is 14.6. The molecule has 0 amide bonds. The van der Waals surface area contributed by atoms with Crippen molar-refractivity contribution in [2.75, 3.05) is 0 Å². The molecule has 40 heavy (non-hydrogen) atoms. The highest BCUT2D eigenvalue weighted by Gasteiger charge is 2.24. The average Bonchev–Trinajstić information content (AvgIpc) is 3.05. The number of rotatable bonds is 5. The van der Waals surface area contributed by atoms with E-state index in [0.717, 1.165) is 56.0 Å². The second kappa shape index (κ2) is 10.4. The molecule has 5 aromatic carbocycles. The van der Waals surface area contributed by atoms with E-state index in [1.807, 2.05) is 60.9 Å². The number of aromatic nitrogens is 1. The van der Waals surface area contributed by atoms with E-state index in [4.69, 9.17) is 9.98 Å². The van der Waals surface area contributed by atoms with Crippen LogP contribution >= 0.6 is 0 Å². The highest BCUT2D eigenvalue weighted by Crippen LogP contribution is 2.39. The first-order valence-electron chi connectivity index (χ1n) is 13.4. The first kappa shape index (κ1) is 23.7. The summed E-state index contributed by atoms with van der Waals surface area (Å²) in [5, 5.41) is 5.83. The Morgan fingerprint density at radius 3 is 1.65 bits per heavy atom. The number of aliphatic imine (C=N–C) groups is 2. The van der Waals surface area contributed by atoms with Crippen LogP contribution in [0, 0.1) is 0 Å². The van der Waals surface area contributed by atoms with Crippen molar-refractivity contribution in [2.24, 2.45) is 9.98 Å². The minimum absolute atomic E-state index is 0.423. The van der Waals surface area contributed by atoms with Crippen LogP contribution in [0.2, 0.25) is 0 Å². The Hall–Kier alpha value is -5.35. The van der Waals surface area contributed by atoms with Crippen LogP contribution in [0.5, 0.6) is 0 Å². The predicted molar refractivity (Wildman–Crippen MR) is 164 cm³/mol. The quantitative estimate of drug-likeness (QED) is 0.253. The molecule has 190 valence electrons. The number of hydrogen-bond acceptors (Lipinski definition) is 4. The van der Waals surface area contributed by atoms with Gasteiger partial charge in [-0.2, -0.15) is 0 Å². The first-order chi connectivity index (χ1) is 19.8. The number of nitrogens with zero attached hydrogens (tertiary/aromatic N) is 3. The van der Waals surface area contributed by atoms with Crippen LogP contribution in [-0.4, -0.2) is 16.7 Å². The van der Waals surface area contributed by atoms with E-state index in [9.17, 15) is 0 Å². The van der Waals surface area contributed by atoms with Gasteiger partial charge in [-0.25, -0.2) is 9.98 Å². The largest absolute Gasteiger partial charge is 0.324 e. The molecule has 0 radical (unpaired) electrons. The Morgan fingerprint density at radius 1 is 0.450 bits per heavy atom. The van der Waals surface area contributed by atoms with E-state index in [-0.39, 0.29) is 0 Å². The van der Waals surface area contributed by atoms with Crippen LogP contribution < -0.4 is 5.32 Å². The fraction of sp³-hybridized carbons (Fsp3) is 0.0278. The van der Waals surface area contributed by atoms with Crippen molar-refractivity contribution in [3.8, 4) is 22.3 Å². The van der Waals surface area contributed by atoms with E-state index in [0.29, 0.717) is 0 Å². The van der Waals surface area contributed by atoms with Gasteiger partial charge in [0.05, 0.1) is 0 Å². The number of amidine groups is 2. The Kier molecular flexibility index (Phi) is 6.19. The van der Waals surface area contributed by atoms with Gasteiger partial charge in [0.1, 0.15) is 11.7 Å². The number of benzene rings is 5. The second-order valence-corrected chi connectivity index (χ2v) is 9.75. The molecule has 1 aromatic heterocycles. The first-order valence-corrected chi connectivity index (χ1v) is 13.4. The number of nitrogens with one attached hydrogen (secondary N) is 1. The number of fused-ring (bicyclic) bond motifs is 1. The smallest absolute Gasteiger partial charge is 0.170 e. The third kappa shape index (κ3) is 4.56. The SMILES string of the molecule is c1ccc(C2=NC(c3c(-c4ccc(-c5ccncc5)cc4)ccc4ccccc34)N=C(c3ccccc3)N2)cc1. The Morgan fingerprint density at radius 2 is 1.00 bits per heavy atom. The van der Waals surface area contributed by atoms with E-state index in [1.165, 1.54) is 5.39 Å². The molecule has 0 bridgehead atoms. The minimum atomic E-state index is -0.423. The van der Waals surface area contributed by atoms with Crippen molar-refractivity contribution in [3.63, 3.8) is 0 Å². The molecule has 0 unspecified atom stereocenters. The predicted octanol–water partition coefficient (Wildman–Crippen LogP) is 8.06. The van der Waals surface area contributed by atoms with Crippen molar-refractivity contribution in [3.05, 3.63) is 163 Å². The fourth-order valence-corrected chi connectivity index (χ4v) is 5.28. The summed E-state index contributed by atoms with van der Waals surface area (Å²) in [5.41, 5.74) is 7.71. The van der Waals surface area contributed by atoms with Crippen molar-refractivity contribution in [1.82, 2.24) is 10.3 Å². The Labute approximate surface area is 233 Å². The molecule has 0 aliphatic carbocycles. The molecule has 0 fully saturated rings. The molecule has 4 heteroatoms. The fourth-order valence-electron chi connectivity index (χ4n) is 5.28. The van der Waals surface area contributed by atoms with E-state index in [1.54, 1.807) is 0 Å². The molecular formula is C36H26N4. The van der Waals surface area contributed by atoms with Crippen LogP contribution in [-0.2, 0) is 0 Å². The van der Waals surface area contributed by atoms with E-state index in [2.05, 4.69) is 95.2 Å². The summed E-state index contributed by atoms with van der Waals surface area (Å²) >= 11 is 0. The maximum absolute atomic E-state index is 5.21. The summed E-state index contributed by atoms with van der Waals surface area (Å²) < 4.78 is 0. The van der Waals surface area contributed by atoms with Crippen molar-refractivity contribution < 1.29 is 0 Å². The summed E-state index contributed by atoms with van der Waals surface area (Å²) in [6.07, 6.45) is 3.23. The van der Waals surface area contributed by atoms with Crippen LogP contribution in [0.4, 0.5) is 0 Å². The lowest BCUT2D eigenvalue weighted by Crippen LogP contribution is -2.36. The number of pyridine rings is 1. The molecule has 0 spiro atoms. The second-order valence-electron chi connectivity index (χ2n) is 9.75. The van der Waals surface area contributed by atoms with Crippen LogP contribution in [0.15, 0.2) is 156 Å². The summed E-state index contributed by atoms with van der Waals surface area (Å²) in [5.74, 6) is 1.62. The van der Waals surface area contributed by atoms with Crippen LogP contribution in [0.1, 0.15) is 22.9 Å². The Bertz CT molecular complexity index is 1790. The lowest BCUT2D eigenvalue weighted by Gasteiger charge is -2.25. The summed E-state index contributed by atoms with van der Waals surface area (Å²) in [6.45, 7) is 0. The summed E-state index contributed by atoms with van der Waals surface area (Å²) in [6, 6.07) is 46.2. The zero-order valence-electron chi connectivity index (χ0n) is 21.8. The summed E-state index contributed by atoms with van der Waals surface area (Å²) in [7, 11) is 0. The Balaban J connectivity index is 1.42. The minimum Gasteiger partial charge on any atom is -0.324 e. The van der Waals surface area contributed by atoms with Gasteiger partial charge in [-0.15, -0.1) is 0 Å². The third-order valence-electron chi connectivity index (χ3n) is 7.27. The lowest BCUT2D eigenvalue weighted by molar-refractivity contribution is 0.764. The topological polar surface area (TPSA) is 49.6 Å². The molecule has 0 saturated carbocycles. The van der Waals surface area contributed by atoms with Gasteiger partial charge in [0, 0.05) is 29.1 Å². The van der Waals surface area contributed by atoms with Crippen LogP contribution in [0.25, 0.3) is 33.0 Å². The zero-order chi connectivity index (χ0) is 26.7. The van der Waals surface area contributed by atoms with E-state index >= 15 is 0 Å². The van der Waals surface area contributed by atoms with Crippen molar-refractivity contribution in [2.45, 2.75) is 6.17 Å². The van der Waals surface area contributed by atoms with Gasteiger partial charge in [0.15, 0.2) is 6.17 Å². The van der Waals surface area contributed by atoms with Gasteiger partial charge in [-0.05, 0) is 45.2 Å². The highest BCUT2D eigenvalue weighted by molar-refractivity contribution is 6.16. The van der Waals surface area contributed by atoms with Gasteiger partial charge < -0.3 is 5.32 Å². The van der Waals surface area contributed by atoms with Crippen molar-refractivity contribution >= 4 is 22.4 Å². The lowest BCUT2D eigenvalue weighted by atomic mass is 9.91. The molecule has 0 atom stereocenters. The van der Waals surface area contributed by atoms with E-state index < -0.39 is 6.17 Å². The molecule has 1 N–H and O–H groups in total. The zero-order valence-corrected chi connectivity index (χ0v) is 21.8. The highest BCUT2D eigenvalue weighted by atomic mass is 15.2. The molecule has 4 nitrogen and oxygen atoms in total. The van der Waals surface area contributed by atoms with Crippen molar-refractivity contribution in [1.29, 1.82) is 0 Å². The third-order valence-corrected chi connectivity index (χ3v) is 7.27. The normalized spacial score (nSPS) is 13.4. The van der Waals surface area contributed by atoms with Crippen LogP contribution in [0.3, 0.4) is 0 Å². The molecule has 7 rings (SSSR count). The average molecular weight is 515 g/mol. The molecule has 1 aliphatic rings. The van der Waals surface area contributed by atoms with Gasteiger partial charge in [0.25, 0.3) is 0 Å². The van der Waals surface area contributed by atoms with Gasteiger partial charge >= 0.3 is 0 Å². The molecule has 0 saturated heterocycles. The van der Waals surface area contributed by atoms with Gasteiger partial charge in [-0.3, -0.25) is 4.98 Å². The maximum atomic E-state index is 5.21. The van der Waals surface area contributed by atoms with Gasteiger partial charge in [0.2, 0.25) is 0 Å². The standard InChI is InChI=1S/C36H26N4/c1-3-10-29(11-4-1)34-38-35(30-12-5-2-6-13-30)40-36(39-34)33-31-14-8-7-9-27(31)19-20-32(33)28-17-15-25(16-18-28)26-21-23-37-24-22-26/h1-24,36H,(H,38,39,40). The number of hydrogen-bond donors (Lipinski definition) is 1. The van der Waals surface area contributed by atoms with Gasteiger partial charge in [-0.1, -0.05) is 121 Å². The maximum Gasteiger partial charge on any atom is 0.170 e. The monoisotopic (exact) mass is 514 g/mol. The molecule has 6 aromatic rings. The molecular weight excluding hydrogens is 488 g/mol.